The maximum absolute atomic E-state index is 12.0. The standard InChI is InChI=1S/C13H24ClNO/c1-10-5-4-6-11(10)12(16)15-9-13(2,3)7-8-14/h10-11H,4-9H2,1-3H3,(H,15,16). The van der Waals surface area contributed by atoms with Crippen LogP contribution in [0.3, 0.4) is 0 Å². The van der Waals surface area contributed by atoms with Crippen molar-refractivity contribution >= 4 is 17.5 Å². The summed E-state index contributed by atoms with van der Waals surface area (Å²) in [5, 5.41) is 3.08. The molecule has 1 aliphatic rings. The van der Waals surface area contributed by atoms with Gasteiger partial charge in [-0.3, -0.25) is 4.79 Å². The molecule has 0 aliphatic heterocycles. The van der Waals surface area contributed by atoms with Gasteiger partial charge in [0.05, 0.1) is 0 Å². The Kier molecular flexibility index (Phi) is 5.10. The molecule has 1 amide bonds. The fourth-order valence-electron chi connectivity index (χ4n) is 2.34. The maximum Gasteiger partial charge on any atom is 0.223 e. The van der Waals surface area contributed by atoms with Crippen LogP contribution in [0.2, 0.25) is 0 Å². The van der Waals surface area contributed by atoms with Gasteiger partial charge in [-0.25, -0.2) is 0 Å². The van der Waals surface area contributed by atoms with Gasteiger partial charge < -0.3 is 5.32 Å². The molecule has 1 fully saturated rings. The highest BCUT2D eigenvalue weighted by Crippen LogP contribution is 2.31. The molecule has 0 radical (unpaired) electrons. The molecular weight excluding hydrogens is 222 g/mol. The molecule has 0 aromatic rings. The molecule has 1 rings (SSSR count). The third-order valence-electron chi connectivity index (χ3n) is 3.71. The average Bonchev–Trinajstić information content (AvgIpc) is 2.61. The van der Waals surface area contributed by atoms with Crippen LogP contribution in [0, 0.1) is 17.3 Å². The molecule has 0 heterocycles. The Bertz CT molecular complexity index is 240. The molecule has 1 saturated carbocycles. The monoisotopic (exact) mass is 245 g/mol. The van der Waals surface area contributed by atoms with E-state index in [9.17, 15) is 4.79 Å². The second kappa shape index (κ2) is 5.90. The van der Waals surface area contributed by atoms with Gasteiger partial charge in [-0.05, 0) is 30.6 Å². The molecule has 2 atom stereocenters. The van der Waals surface area contributed by atoms with Crippen molar-refractivity contribution < 1.29 is 4.79 Å². The van der Waals surface area contributed by atoms with Crippen LogP contribution in [-0.4, -0.2) is 18.3 Å². The average molecular weight is 246 g/mol. The highest BCUT2D eigenvalue weighted by Gasteiger charge is 2.30. The van der Waals surface area contributed by atoms with Gasteiger partial charge in [0, 0.05) is 18.3 Å². The highest BCUT2D eigenvalue weighted by atomic mass is 35.5. The molecule has 1 N–H and O–H groups in total. The van der Waals surface area contributed by atoms with Crippen LogP contribution < -0.4 is 5.32 Å². The summed E-state index contributed by atoms with van der Waals surface area (Å²) in [6, 6.07) is 0. The first-order valence-electron chi connectivity index (χ1n) is 6.30. The molecule has 1 aliphatic carbocycles. The third-order valence-corrected chi connectivity index (χ3v) is 3.90. The summed E-state index contributed by atoms with van der Waals surface area (Å²) < 4.78 is 0. The quantitative estimate of drug-likeness (QED) is 0.741. The van der Waals surface area contributed by atoms with Crippen molar-refractivity contribution in [2.45, 2.75) is 46.5 Å². The number of nitrogens with one attached hydrogen (secondary N) is 1. The number of rotatable bonds is 5. The zero-order chi connectivity index (χ0) is 12.2. The molecule has 0 aromatic heterocycles. The lowest BCUT2D eigenvalue weighted by Crippen LogP contribution is -2.38. The van der Waals surface area contributed by atoms with E-state index >= 15 is 0 Å². The van der Waals surface area contributed by atoms with Crippen LogP contribution in [0.4, 0.5) is 0 Å². The lowest BCUT2D eigenvalue weighted by Gasteiger charge is -2.25. The van der Waals surface area contributed by atoms with Gasteiger partial charge in [-0.15, -0.1) is 11.6 Å². The number of halogens is 1. The van der Waals surface area contributed by atoms with E-state index < -0.39 is 0 Å². The SMILES string of the molecule is CC1CCCC1C(=O)NCC(C)(C)CCCl. The molecule has 94 valence electrons. The summed E-state index contributed by atoms with van der Waals surface area (Å²) in [5.41, 5.74) is 0.110. The van der Waals surface area contributed by atoms with Gasteiger partial charge in [0.25, 0.3) is 0 Å². The second-order valence-corrected chi connectivity index (χ2v) is 6.21. The van der Waals surface area contributed by atoms with E-state index in [1.54, 1.807) is 0 Å². The maximum atomic E-state index is 12.0. The zero-order valence-electron chi connectivity index (χ0n) is 10.7. The molecule has 0 aromatic carbocycles. The Morgan fingerprint density at radius 3 is 2.62 bits per heavy atom. The Balaban J connectivity index is 2.34. The largest absolute Gasteiger partial charge is 0.355 e. The first-order chi connectivity index (χ1) is 7.46. The van der Waals surface area contributed by atoms with E-state index in [1.807, 2.05) is 0 Å². The fourth-order valence-corrected chi connectivity index (χ4v) is 2.85. The summed E-state index contributed by atoms with van der Waals surface area (Å²) in [5.74, 6) is 1.69. The van der Waals surface area contributed by atoms with Gasteiger partial charge in [0.1, 0.15) is 0 Å². The lowest BCUT2D eigenvalue weighted by atomic mass is 9.89. The fraction of sp³-hybridized carbons (Fsp3) is 0.923. The molecule has 0 saturated heterocycles. The first kappa shape index (κ1) is 13.8. The van der Waals surface area contributed by atoms with Crippen LogP contribution in [0.5, 0.6) is 0 Å². The molecule has 0 spiro atoms. The minimum Gasteiger partial charge on any atom is -0.355 e. The molecule has 2 unspecified atom stereocenters. The van der Waals surface area contributed by atoms with E-state index in [-0.39, 0.29) is 17.2 Å². The van der Waals surface area contributed by atoms with Gasteiger partial charge in [-0.1, -0.05) is 27.2 Å². The van der Waals surface area contributed by atoms with Crippen LogP contribution in [0.25, 0.3) is 0 Å². The number of amides is 1. The van der Waals surface area contributed by atoms with Crippen LogP contribution >= 0.6 is 11.6 Å². The van der Waals surface area contributed by atoms with Crippen molar-refractivity contribution in [2.24, 2.45) is 17.3 Å². The normalized spacial score (nSPS) is 25.8. The van der Waals surface area contributed by atoms with Gasteiger partial charge in [0.2, 0.25) is 5.91 Å². The summed E-state index contributed by atoms with van der Waals surface area (Å²) in [6.07, 6.45) is 4.39. The summed E-state index contributed by atoms with van der Waals surface area (Å²) in [7, 11) is 0. The molecular formula is C13H24ClNO. The molecule has 2 nitrogen and oxygen atoms in total. The minimum atomic E-state index is 0.110. The van der Waals surface area contributed by atoms with Gasteiger partial charge in [-0.2, -0.15) is 0 Å². The zero-order valence-corrected chi connectivity index (χ0v) is 11.4. The predicted octanol–water partition coefficient (Wildman–Crippen LogP) is 3.19. The summed E-state index contributed by atoms with van der Waals surface area (Å²) in [6.45, 7) is 7.21. The summed E-state index contributed by atoms with van der Waals surface area (Å²) >= 11 is 5.74. The summed E-state index contributed by atoms with van der Waals surface area (Å²) in [4.78, 5) is 12.0. The number of hydrogen-bond donors (Lipinski definition) is 1. The van der Waals surface area contributed by atoms with E-state index in [4.69, 9.17) is 11.6 Å². The van der Waals surface area contributed by atoms with E-state index in [0.717, 1.165) is 19.4 Å². The Morgan fingerprint density at radius 2 is 2.12 bits per heavy atom. The van der Waals surface area contributed by atoms with Crippen molar-refractivity contribution in [3.8, 4) is 0 Å². The smallest absolute Gasteiger partial charge is 0.223 e. The lowest BCUT2D eigenvalue weighted by molar-refractivity contribution is -0.126. The Morgan fingerprint density at radius 1 is 1.44 bits per heavy atom. The Hall–Kier alpha value is -0.240. The van der Waals surface area contributed by atoms with Crippen molar-refractivity contribution in [1.82, 2.24) is 5.32 Å². The number of alkyl halides is 1. The van der Waals surface area contributed by atoms with Crippen molar-refractivity contribution in [2.75, 3.05) is 12.4 Å². The second-order valence-electron chi connectivity index (χ2n) is 5.84. The van der Waals surface area contributed by atoms with Crippen LogP contribution in [0.15, 0.2) is 0 Å². The van der Waals surface area contributed by atoms with Crippen molar-refractivity contribution in [3.05, 3.63) is 0 Å². The number of carbonyl (C=O) groups excluding carboxylic acids is 1. The highest BCUT2D eigenvalue weighted by molar-refractivity contribution is 6.17. The molecule has 3 heteroatoms. The molecule has 0 bridgehead atoms. The third kappa shape index (κ3) is 3.97. The van der Waals surface area contributed by atoms with E-state index in [0.29, 0.717) is 11.8 Å². The van der Waals surface area contributed by atoms with E-state index in [2.05, 4.69) is 26.1 Å². The Labute approximate surface area is 104 Å². The first-order valence-corrected chi connectivity index (χ1v) is 6.83. The topological polar surface area (TPSA) is 29.1 Å². The van der Waals surface area contributed by atoms with Crippen LogP contribution in [-0.2, 0) is 4.79 Å². The van der Waals surface area contributed by atoms with Crippen molar-refractivity contribution in [1.29, 1.82) is 0 Å². The minimum absolute atomic E-state index is 0.110. The number of hydrogen-bond acceptors (Lipinski definition) is 1. The van der Waals surface area contributed by atoms with E-state index in [1.165, 1.54) is 12.8 Å². The predicted molar refractivity (Wildman–Crippen MR) is 68.6 cm³/mol. The molecule has 16 heavy (non-hydrogen) atoms. The number of carbonyl (C=O) groups is 1. The van der Waals surface area contributed by atoms with Crippen molar-refractivity contribution in [3.63, 3.8) is 0 Å². The van der Waals surface area contributed by atoms with Gasteiger partial charge in [0.15, 0.2) is 0 Å². The van der Waals surface area contributed by atoms with Crippen LogP contribution in [0.1, 0.15) is 46.5 Å². The van der Waals surface area contributed by atoms with Gasteiger partial charge >= 0.3 is 0 Å².